The number of allylic oxidation sites excluding steroid dienone is 1. The quantitative estimate of drug-likeness (QED) is 0.476. The largest absolute Gasteiger partial charge is 0.389 e. The van der Waals surface area contributed by atoms with Crippen molar-refractivity contribution in [3.8, 4) is 0 Å². The van der Waals surface area contributed by atoms with E-state index in [2.05, 4.69) is 19.9 Å². The van der Waals surface area contributed by atoms with E-state index in [1.54, 1.807) is 0 Å². The topological polar surface area (TPSA) is 60.7 Å². The summed E-state index contributed by atoms with van der Waals surface area (Å²) in [4.78, 5) is 0. The molecule has 3 fully saturated rings. The van der Waals surface area contributed by atoms with E-state index in [4.69, 9.17) is 0 Å². The normalized spacial score (nSPS) is 56.1. The van der Waals surface area contributed by atoms with Crippen LogP contribution < -0.4 is 0 Å². The highest BCUT2D eigenvalue weighted by molar-refractivity contribution is 5.17. The van der Waals surface area contributed by atoms with Crippen molar-refractivity contribution in [2.75, 3.05) is 0 Å². The predicted octanol–water partition coefficient (Wildman–Crippen LogP) is 2.85. The van der Waals surface area contributed by atoms with Crippen LogP contribution in [0.3, 0.4) is 0 Å². The Morgan fingerprint density at radius 2 is 1.68 bits per heavy atom. The zero-order valence-corrected chi connectivity index (χ0v) is 13.8. The molecule has 4 aliphatic carbocycles. The lowest BCUT2D eigenvalue weighted by atomic mass is 9.46. The number of hydrogen-bond acceptors (Lipinski definition) is 3. The molecular formula is C19H30O3. The first kappa shape index (κ1) is 15.2. The number of aliphatic hydroxyl groups is 3. The van der Waals surface area contributed by atoms with Crippen LogP contribution in [-0.2, 0) is 0 Å². The number of aliphatic hydroxyl groups excluding tert-OH is 1. The van der Waals surface area contributed by atoms with E-state index in [0.717, 1.165) is 25.7 Å². The summed E-state index contributed by atoms with van der Waals surface area (Å²) in [5, 5.41) is 30.9. The predicted molar refractivity (Wildman–Crippen MR) is 84.8 cm³/mol. The van der Waals surface area contributed by atoms with Gasteiger partial charge in [-0.25, -0.2) is 0 Å². The van der Waals surface area contributed by atoms with Crippen molar-refractivity contribution in [3.63, 3.8) is 0 Å². The first-order valence-electron chi connectivity index (χ1n) is 9.10. The summed E-state index contributed by atoms with van der Waals surface area (Å²) in [5.74, 6) is 0.814. The van der Waals surface area contributed by atoms with Gasteiger partial charge in [0.15, 0.2) is 5.79 Å². The van der Waals surface area contributed by atoms with Crippen LogP contribution in [0.4, 0.5) is 0 Å². The van der Waals surface area contributed by atoms with Gasteiger partial charge in [-0.05, 0) is 67.6 Å². The highest BCUT2D eigenvalue weighted by Gasteiger charge is 2.63. The van der Waals surface area contributed by atoms with Gasteiger partial charge in [-0.1, -0.05) is 26.0 Å². The Morgan fingerprint density at radius 3 is 2.45 bits per heavy atom. The van der Waals surface area contributed by atoms with Crippen molar-refractivity contribution in [1.29, 1.82) is 0 Å². The fourth-order valence-corrected chi connectivity index (χ4v) is 6.78. The molecule has 3 saturated carbocycles. The maximum Gasteiger partial charge on any atom is 0.168 e. The van der Waals surface area contributed by atoms with Crippen molar-refractivity contribution >= 4 is 0 Å². The molecule has 0 aliphatic heterocycles. The monoisotopic (exact) mass is 306 g/mol. The SMILES string of the molecule is C[C@]12C=CC(O)CC1CC[C@@H]1[C@H]2CC[C@@]2(C)[C@H]1CCC2(O)O. The molecule has 0 bridgehead atoms. The van der Waals surface area contributed by atoms with E-state index in [9.17, 15) is 15.3 Å². The van der Waals surface area contributed by atoms with Gasteiger partial charge in [0.1, 0.15) is 0 Å². The van der Waals surface area contributed by atoms with Crippen molar-refractivity contribution in [3.05, 3.63) is 12.2 Å². The molecule has 124 valence electrons. The molecule has 3 N–H and O–H groups in total. The fourth-order valence-electron chi connectivity index (χ4n) is 6.78. The van der Waals surface area contributed by atoms with Crippen LogP contribution in [0.2, 0.25) is 0 Å². The Bertz CT molecular complexity index is 499. The molecule has 0 saturated heterocycles. The van der Waals surface area contributed by atoms with Crippen molar-refractivity contribution in [2.24, 2.45) is 34.5 Å². The van der Waals surface area contributed by atoms with Crippen molar-refractivity contribution in [2.45, 2.75) is 70.7 Å². The second-order valence-electron chi connectivity index (χ2n) is 8.99. The maximum absolute atomic E-state index is 10.5. The molecule has 2 unspecified atom stereocenters. The van der Waals surface area contributed by atoms with Gasteiger partial charge in [-0.3, -0.25) is 0 Å². The Morgan fingerprint density at radius 1 is 0.955 bits per heavy atom. The molecule has 0 aromatic carbocycles. The summed E-state index contributed by atoms with van der Waals surface area (Å²) in [6.07, 6.45) is 10.8. The minimum atomic E-state index is -1.47. The van der Waals surface area contributed by atoms with Crippen LogP contribution in [0.15, 0.2) is 12.2 Å². The zero-order valence-electron chi connectivity index (χ0n) is 13.8. The standard InChI is InChI=1S/C19H30O3/c1-17-8-5-13(20)11-12(17)3-4-14-15(17)6-9-18(2)16(14)7-10-19(18,21)22/h5,8,12-16,20-22H,3-4,6-7,9-11H2,1-2H3/t12?,13?,14-,15-,16+,17+,18+/m1/s1. The molecular weight excluding hydrogens is 276 g/mol. The van der Waals surface area contributed by atoms with E-state index in [1.165, 1.54) is 12.8 Å². The Labute approximate surface area is 133 Å². The molecule has 7 atom stereocenters. The number of rotatable bonds is 0. The highest BCUT2D eigenvalue weighted by Crippen LogP contribution is 2.66. The smallest absolute Gasteiger partial charge is 0.168 e. The van der Waals surface area contributed by atoms with Gasteiger partial charge < -0.3 is 15.3 Å². The van der Waals surface area contributed by atoms with Crippen LogP contribution in [0, 0.1) is 34.5 Å². The average molecular weight is 306 g/mol. The first-order valence-corrected chi connectivity index (χ1v) is 9.10. The van der Waals surface area contributed by atoms with Gasteiger partial charge in [0.05, 0.1) is 6.10 Å². The van der Waals surface area contributed by atoms with Crippen molar-refractivity contribution in [1.82, 2.24) is 0 Å². The fraction of sp³-hybridized carbons (Fsp3) is 0.895. The van der Waals surface area contributed by atoms with Gasteiger partial charge in [-0.15, -0.1) is 0 Å². The molecule has 3 heteroatoms. The molecule has 3 nitrogen and oxygen atoms in total. The molecule has 0 spiro atoms. The summed E-state index contributed by atoms with van der Waals surface area (Å²) in [5.41, 5.74) is -0.130. The van der Waals surface area contributed by atoms with Crippen LogP contribution in [0.1, 0.15) is 58.8 Å². The van der Waals surface area contributed by atoms with Gasteiger partial charge in [0.25, 0.3) is 0 Å². The van der Waals surface area contributed by atoms with E-state index < -0.39 is 5.79 Å². The lowest BCUT2D eigenvalue weighted by Crippen LogP contribution is -2.56. The van der Waals surface area contributed by atoms with Crippen LogP contribution in [0.5, 0.6) is 0 Å². The van der Waals surface area contributed by atoms with E-state index in [-0.39, 0.29) is 16.9 Å². The first-order chi connectivity index (χ1) is 10.3. The minimum absolute atomic E-state index is 0.194. The third kappa shape index (κ3) is 1.79. The van der Waals surface area contributed by atoms with Crippen LogP contribution in [-0.4, -0.2) is 27.2 Å². The zero-order chi connectivity index (χ0) is 15.8. The highest BCUT2D eigenvalue weighted by atomic mass is 16.5. The third-order valence-corrected chi connectivity index (χ3v) is 8.28. The Balaban J connectivity index is 1.68. The van der Waals surface area contributed by atoms with E-state index in [1.807, 2.05) is 6.08 Å². The molecule has 0 amide bonds. The van der Waals surface area contributed by atoms with E-state index >= 15 is 0 Å². The summed E-state index contributed by atoms with van der Waals surface area (Å²) < 4.78 is 0. The maximum atomic E-state index is 10.5. The minimum Gasteiger partial charge on any atom is -0.389 e. The molecule has 0 radical (unpaired) electrons. The van der Waals surface area contributed by atoms with Crippen LogP contribution in [0.25, 0.3) is 0 Å². The molecule has 0 aromatic heterocycles. The van der Waals surface area contributed by atoms with E-state index in [0.29, 0.717) is 30.1 Å². The lowest BCUT2D eigenvalue weighted by Gasteiger charge is -2.59. The number of fused-ring (bicyclic) bond motifs is 5. The summed E-state index contributed by atoms with van der Waals surface area (Å²) in [6.45, 7) is 4.50. The molecule has 4 aliphatic rings. The summed E-state index contributed by atoms with van der Waals surface area (Å²) in [7, 11) is 0. The summed E-state index contributed by atoms with van der Waals surface area (Å²) >= 11 is 0. The summed E-state index contributed by atoms with van der Waals surface area (Å²) in [6, 6.07) is 0. The van der Waals surface area contributed by atoms with Gasteiger partial charge in [0, 0.05) is 11.8 Å². The number of hydrogen-bond donors (Lipinski definition) is 3. The molecule has 0 heterocycles. The Kier molecular flexibility index (Phi) is 3.16. The Hall–Kier alpha value is -0.380. The van der Waals surface area contributed by atoms with Crippen molar-refractivity contribution < 1.29 is 15.3 Å². The molecule has 22 heavy (non-hydrogen) atoms. The molecule has 0 aromatic rings. The van der Waals surface area contributed by atoms with Gasteiger partial charge in [0.2, 0.25) is 0 Å². The molecule has 4 rings (SSSR count). The average Bonchev–Trinajstić information content (AvgIpc) is 2.70. The second kappa shape index (κ2) is 4.58. The van der Waals surface area contributed by atoms with Crippen LogP contribution >= 0.6 is 0 Å². The van der Waals surface area contributed by atoms with Gasteiger partial charge in [-0.2, -0.15) is 0 Å². The van der Waals surface area contributed by atoms with Gasteiger partial charge >= 0.3 is 0 Å². The second-order valence-corrected chi connectivity index (χ2v) is 8.99. The third-order valence-electron chi connectivity index (χ3n) is 8.28. The lowest BCUT2D eigenvalue weighted by molar-refractivity contribution is -0.249.